The van der Waals surface area contributed by atoms with Crippen molar-refractivity contribution in [2.75, 3.05) is 20.1 Å². The van der Waals surface area contributed by atoms with Crippen molar-refractivity contribution in [3.63, 3.8) is 0 Å². The van der Waals surface area contributed by atoms with E-state index in [0.29, 0.717) is 12.5 Å². The normalized spacial score (nSPS) is 19.1. The molecule has 0 aromatic heterocycles. The summed E-state index contributed by atoms with van der Waals surface area (Å²) < 4.78 is 0. The van der Waals surface area contributed by atoms with Crippen molar-refractivity contribution in [2.24, 2.45) is 0 Å². The third kappa shape index (κ3) is 4.35. The number of hydrogen-bond donors (Lipinski definition) is 1. The fraction of sp³-hybridized carbons (Fsp3) is 0.562. The van der Waals surface area contributed by atoms with E-state index >= 15 is 0 Å². The number of benzene rings is 1. The molecule has 104 valence electrons. The van der Waals surface area contributed by atoms with E-state index in [1.807, 2.05) is 18.2 Å². The van der Waals surface area contributed by atoms with Gasteiger partial charge < -0.3 is 10.2 Å². The van der Waals surface area contributed by atoms with Gasteiger partial charge in [0.2, 0.25) is 5.91 Å². The highest BCUT2D eigenvalue weighted by Gasteiger charge is 2.19. The lowest BCUT2D eigenvalue weighted by molar-refractivity contribution is -0.122. The molecule has 1 unspecified atom stereocenters. The third-order valence-electron chi connectivity index (χ3n) is 3.94. The van der Waals surface area contributed by atoms with Gasteiger partial charge in [-0.2, -0.15) is 0 Å². The van der Waals surface area contributed by atoms with Gasteiger partial charge in [-0.15, -0.1) is 0 Å². The molecule has 1 aliphatic heterocycles. The summed E-state index contributed by atoms with van der Waals surface area (Å²) >= 11 is 0. The first-order chi connectivity index (χ1) is 9.15. The van der Waals surface area contributed by atoms with Crippen molar-refractivity contribution < 1.29 is 4.79 Å². The van der Waals surface area contributed by atoms with E-state index < -0.39 is 0 Å². The van der Waals surface area contributed by atoms with Crippen LogP contribution in [-0.4, -0.2) is 37.0 Å². The Hall–Kier alpha value is -1.35. The first-order valence-corrected chi connectivity index (χ1v) is 7.18. The molecule has 0 radical (unpaired) electrons. The van der Waals surface area contributed by atoms with E-state index in [4.69, 9.17) is 0 Å². The van der Waals surface area contributed by atoms with Gasteiger partial charge in [-0.1, -0.05) is 37.3 Å². The number of nitrogens with zero attached hydrogens (tertiary/aromatic N) is 1. The molecular weight excluding hydrogens is 236 g/mol. The predicted molar refractivity (Wildman–Crippen MR) is 78.1 cm³/mol. The van der Waals surface area contributed by atoms with Crippen LogP contribution in [0, 0.1) is 0 Å². The molecule has 1 atom stereocenters. The summed E-state index contributed by atoms with van der Waals surface area (Å²) in [5, 5.41) is 3.17. The quantitative estimate of drug-likeness (QED) is 0.901. The molecule has 0 bridgehead atoms. The summed E-state index contributed by atoms with van der Waals surface area (Å²) in [6.45, 7) is 4.28. The molecule has 1 saturated heterocycles. The van der Waals surface area contributed by atoms with Crippen LogP contribution in [0.1, 0.15) is 37.7 Å². The highest BCUT2D eigenvalue weighted by atomic mass is 16.1. The van der Waals surface area contributed by atoms with E-state index in [1.54, 1.807) is 0 Å². The zero-order valence-corrected chi connectivity index (χ0v) is 11.9. The number of carbonyl (C=O) groups excluding carboxylic acids is 1. The van der Waals surface area contributed by atoms with Gasteiger partial charge in [0.15, 0.2) is 0 Å². The molecule has 2 rings (SSSR count). The number of amides is 1. The number of nitrogens with one attached hydrogen (secondary N) is 1. The summed E-state index contributed by atoms with van der Waals surface area (Å²) in [5.74, 6) is 0.471. The molecule has 1 fully saturated rings. The zero-order chi connectivity index (χ0) is 13.7. The van der Waals surface area contributed by atoms with E-state index in [9.17, 15) is 4.79 Å². The molecule has 1 aromatic rings. The minimum Gasteiger partial charge on any atom is -0.353 e. The van der Waals surface area contributed by atoms with Gasteiger partial charge in [0, 0.05) is 12.5 Å². The third-order valence-corrected chi connectivity index (χ3v) is 3.94. The predicted octanol–water partition coefficient (Wildman–Crippen LogP) is 2.39. The Bertz CT molecular complexity index is 396. The molecule has 0 saturated carbocycles. The second-order valence-electron chi connectivity index (χ2n) is 5.66. The molecule has 1 heterocycles. The topological polar surface area (TPSA) is 32.3 Å². The summed E-state index contributed by atoms with van der Waals surface area (Å²) in [6.07, 6.45) is 2.72. The first kappa shape index (κ1) is 14.1. The minimum atomic E-state index is 0.186. The summed E-state index contributed by atoms with van der Waals surface area (Å²) in [6, 6.07) is 10.6. The summed E-state index contributed by atoms with van der Waals surface area (Å²) in [5.41, 5.74) is 1.24. The highest BCUT2D eigenvalue weighted by molar-refractivity contribution is 5.77. The maximum Gasteiger partial charge on any atom is 0.220 e. The van der Waals surface area contributed by atoms with Crippen LogP contribution < -0.4 is 5.32 Å². The Morgan fingerprint density at radius 2 is 1.95 bits per heavy atom. The lowest BCUT2D eigenvalue weighted by atomic mass is 9.97. The Kier molecular flexibility index (Phi) is 4.97. The second kappa shape index (κ2) is 6.71. The van der Waals surface area contributed by atoms with Crippen LogP contribution in [0.5, 0.6) is 0 Å². The standard InChI is InChI=1S/C16H24N2O/c1-13(14-6-4-3-5-7-14)12-16(19)17-15-8-10-18(2)11-9-15/h3-7,13,15H,8-12H2,1-2H3,(H,17,19). The lowest BCUT2D eigenvalue weighted by Crippen LogP contribution is -2.43. The SMILES string of the molecule is CC(CC(=O)NC1CCN(C)CC1)c1ccccc1. The fourth-order valence-electron chi connectivity index (χ4n) is 2.62. The molecular formula is C16H24N2O. The smallest absolute Gasteiger partial charge is 0.220 e. The first-order valence-electron chi connectivity index (χ1n) is 7.18. The maximum absolute atomic E-state index is 12.1. The number of piperidine rings is 1. The average molecular weight is 260 g/mol. The number of rotatable bonds is 4. The van der Waals surface area contributed by atoms with Crippen LogP contribution in [0.2, 0.25) is 0 Å². The van der Waals surface area contributed by atoms with Crippen LogP contribution in [0.3, 0.4) is 0 Å². The molecule has 1 aromatic carbocycles. The number of likely N-dealkylation sites (tertiary alicyclic amines) is 1. The summed E-state index contributed by atoms with van der Waals surface area (Å²) in [4.78, 5) is 14.4. The molecule has 3 nitrogen and oxygen atoms in total. The van der Waals surface area contributed by atoms with Crippen molar-refractivity contribution in [3.8, 4) is 0 Å². The van der Waals surface area contributed by atoms with Crippen molar-refractivity contribution in [3.05, 3.63) is 35.9 Å². The Balaban J connectivity index is 1.78. The molecule has 1 aliphatic rings. The van der Waals surface area contributed by atoms with Gasteiger partial charge in [-0.3, -0.25) is 4.79 Å². The monoisotopic (exact) mass is 260 g/mol. The van der Waals surface area contributed by atoms with Gasteiger partial charge in [0.05, 0.1) is 0 Å². The maximum atomic E-state index is 12.1. The highest BCUT2D eigenvalue weighted by Crippen LogP contribution is 2.18. The molecule has 19 heavy (non-hydrogen) atoms. The second-order valence-corrected chi connectivity index (χ2v) is 5.66. The van der Waals surface area contributed by atoms with Crippen LogP contribution >= 0.6 is 0 Å². The van der Waals surface area contributed by atoms with Gasteiger partial charge in [-0.05, 0) is 44.5 Å². The van der Waals surface area contributed by atoms with Crippen LogP contribution in [0.4, 0.5) is 0 Å². The van der Waals surface area contributed by atoms with Gasteiger partial charge in [0.25, 0.3) is 0 Å². The molecule has 1 N–H and O–H groups in total. The van der Waals surface area contributed by atoms with E-state index in [2.05, 4.69) is 36.3 Å². The summed E-state index contributed by atoms with van der Waals surface area (Å²) in [7, 11) is 2.13. The minimum absolute atomic E-state index is 0.186. The Labute approximate surface area is 116 Å². The van der Waals surface area contributed by atoms with E-state index in [-0.39, 0.29) is 11.8 Å². The lowest BCUT2D eigenvalue weighted by Gasteiger charge is -2.29. The zero-order valence-electron chi connectivity index (χ0n) is 11.9. The Morgan fingerprint density at radius 3 is 2.58 bits per heavy atom. The van der Waals surface area contributed by atoms with Gasteiger partial charge >= 0.3 is 0 Å². The van der Waals surface area contributed by atoms with Crippen molar-refractivity contribution >= 4 is 5.91 Å². The van der Waals surface area contributed by atoms with Crippen molar-refractivity contribution in [2.45, 2.75) is 38.1 Å². The van der Waals surface area contributed by atoms with E-state index in [1.165, 1.54) is 5.56 Å². The van der Waals surface area contributed by atoms with Crippen LogP contribution in [-0.2, 0) is 4.79 Å². The van der Waals surface area contributed by atoms with Crippen LogP contribution in [0.25, 0.3) is 0 Å². The Morgan fingerprint density at radius 1 is 1.32 bits per heavy atom. The largest absolute Gasteiger partial charge is 0.353 e. The fourth-order valence-corrected chi connectivity index (χ4v) is 2.62. The average Bonchev–Trinajstić information content (AvgIpc) is 2.42. The van der Waals surface area contributed by atoms with E-state index in [0.717, 1.165) is 25.9 Å². The molecule has 0 spiro atoms. The van der Waals surface area contributed by atoms with Crippen LogP contribution in [0.15, 0.2) is 30.3 Å². The number of hydrogen-bond acceptors (Lipinski definition) is 2. The van der Waals surface area contributed by atoms with Crippen molar-refractivity contribution in [1.29, 1.82) is 0 Å². The van der Waals surface area contributed by atoms with Crippen molar-refractivity contribution in [1.82, 2.24) is 10.2 Å². The molecule has 0 aliphatic carbocycles. The molecule has 1 amide bonds. The molecule has 3 heteroatoms. The number of carbonyl (C=O) groups is 1. The van der Waals surface area contributed by atoms with Gasteiger partial charge in [0.1, 0.15) is 0 Å². The van der Waals surface area contributed by atoms with Gasteiger partial charge in [-0.25, -0.2) is 0 Å².